The zero-order valence-corrected chi connectivity index (χ0v) is 8.29. The summed E-state index contributed by atoms with van der Waals surface area (Å²) in [6, 6.07) is 0.304. The summed E-state index contributed by atoms with van der Waals surface area (Å²) in [4.78, 5) is 2.24. The lowest BCUT2D eigenvalue weighted by Crippen LogP contribution is -2.28. The van der Waals surface area contributed by atoms with Gasteiger partial charge in [-0.05, 0) is 32.9 Å². The maximum absolute atomic E-state index is 8.71. The van der Waals surface area contributed by atoms with Crippen molar-refractivity contribution in [3.05, 3.63) is 0 Å². The first-order valence-electron chi connectivity index (χ1n) is 4.79. The lowest BCUT2D eigenvalue weighted by molar-refractivity contribution is 0.199. The van der Waals surface area contributed by atoms with Gasteiger partial charge in [0, 0.05) is 12.6 Å². The Morgan fingerprint density at radius 1 is 1.42 bits per heavy atom. The molecule has 0 amide bonds. The molecule has 0 aliphatic rings. The largest absolute Gasteiger partial charge is 0.395 e. The molecule has 1 atom stereocenters. The molecule has 0 heterocycles. The van der Waals surface area contributed by atoms with Gasteiger partial charge in [-0.25, -0.2) is 0 Å². The van der Waals surface area contributed by atoms with Crippen molar-refractivity contribution in [2.45, 2.75) is 32.7 Å². The summed E-state index contributed by atoms with van der Waals surface area (Å²) in [6.07, 6.45) is 2.20. The van der Waals surface area contributed by atoms with Crippen LogP contribution in [0.3, 0.4) is 0 Å². The van der Waals surface area contributed by atoms with E-state index in [2.05, 4.69) is 11.8 Å². The number of nitrogens with zero attached hydrogens (tertiary/aromatic N) is 1. The summed E-state index contributed by atoms with van der Waals surface area (Å²) in [5, 5.41) is 8.71. The first-order valence-corrected chi connectivity index (χ1v) is 4.79. The van der Waals surface area contributed by atoms with Gasteiger partial charge in [-0.3, -0.25) is 0 Å². The second kappa shape index (κ2) is 7.53. The summed E-state index contributed by atoms with van der Waals surface area (Å²) < 4.78 is 0. The predicted molar refractivity (Wildman–Crippen MR) is 52.1 cm³/mol. The molecule has 3 heteroatoms. The van der Waals surface area contributed by atoms with Crippen molar-refractivity contribution in [1.82, 2.24) is 4.90 Å². The van der Waals surface area contributed by atoms with Crippen molar-refractivity contribution in [2.75, 3.05) is 26.2 Å². The topological polar surface area (TPSA) is 49.5 Å². The minimum absolute atomic E-state index is 0.256. The molecule has 0 unspecified atom stereocenters. The van der Waals surface area contributed by atoms with Crippen molar-refractivity contribution in [2.24, 2.45) is 5.73 Å². The summed E-state index contributed by atoms with van der Waals surface area (Å²) in [5.74, 6) is 0. The van der Waals surface area contributed by atoms with E-state index in [1.54, 1.807) is 0 Å². The molecule has 0 saturated carbocycles. The fourth-order valence-electron chi connectivity index (χ4n) is 1.21. The molecule has 3 N–H and O–H groups in total. The molecule has 0 aromatic carbocycles. The van der Waals surface area contributed by atoms with Crippen LogP contribution in [0.25, 0.3) is 0 Å². The van der Waals surface area contributed by atoms with Gasteiger partial charge in [0.25, 0.3) is 0 Å². The van der Waals surface area contributed by atoms with Gasteiger partial charge in [0.15, 0.2) is 0 Å². The van der Waals surface area contributed by atoms with Crippen LogP contribution < -0.4 is 5.73 Å². The predicted octanol–water partition coefficient (Wildman–Crippen LogP) is 0.428. The van der Waals surface area contributed by atoms with Crippen LogP contribution in [0.15, 0.2) is 0 Å². The van der Waals surface area contributed by atoms with Gasteiger partial charge in [0.05, 0.1) is 6.61 Å². The molecule has 0 aliphatic heterocycles. The Labute approximate surface area is 75.6 Å². The molecule has 0 bridgehead atoms. The summed E-state index contributed by atoms with van der Waals surface area (Å²) in [5.41, 5.74) is 5.63. The van der Waals surface area contributed by atoms with E-state index in [9.17, 15) is 0 Å². The molecule has 0 spiro atoms. The average molecular weight is 174 g/mol. The van der Waals surface area contributed by atoms with Crippen LogP contribution in [-0.2, 0) is 0 Å². The monoisotopic (exact) mass is 174 g/mol. The van der Waals surface area contributed by atoms with E-state index < -0.39 is 0 Å². The van der Waals surface area contributed by atoms with E-state index in [-0.39, 0.29) is 6.61 Å². The van der Waals surface area contributed by atoms with Crippen LogP contribution in [0.2, 0.25) is 0 Å². The first kappa shape index (κ1) is 11.9. The van der Waals surface area contributed by atoms with Gasteiger partial charge in [0.1, 0.15) is 0 Å². The molecule has 0 rings (SSSR count). The molecule has 0 aliphatic carbocycles. The van der Waals surface area contributed by atoms with E-state index in [0.29, 0.717) is 6.04 Å². The Balaban J connectivity index is 3.31. The zero-order chi connectivity index (χ0) is 9.40. The molecule has 12 heavy (non-hydrogen) atoms. The molecule has 74 valence electrons. The maximum Gasteiger partial charge on any atom is 0.0558 e. The maximum atomic E-state index is 8.71. The Bertz CT molecular complexity index is 96.5. The van der Waals surface area contributed by atoms with E-state index >= 15 is 0 Å². The van der Waals surface area contributed by atoms with E-state index in [4.69, 9.17) is 10.8 Å². The quantitative estimate of drug-likeness (QED) is 0.588. The summed E-state index contributed by atoms with van der Waals surface area (Å²) in [7, 11) is 0. The highest BCUT2D eigenvalue weighted by Crippen LogP contribution is 1.96. The van der Waals surface area contributed by atoms with Crippen LogP contribution in [-0.4, -0.2) is 42.3 Å². The van der Waals surface area contributed by atoms with Gasteiger partial charge < -0.3 is 15.7 Å². The molecule has 0 radical (unpaired) electrons. The van der Waals surface area contributed by atoms with Gasteiger partial charge in [0.2, 0.25) is 0 Å². The van der Waals surface area contributed by atoms with Crippen molar-refractivity contribution < 1.29 is 5.11 Å². The highest BCUT2D eigenvalue weighted by molar-refractivity contribution is 4.58. The van der Waals surface area contributed by atoms with E-state index in [1.165, 1.54) is 0 Å². The molecule has 3 nitrogen and oxygen atoms in total. The van der Waals surface area contributed by atoms with Gasteiger partial charge in [-0.15, -0.1) is 0 Å². The second-order valence-corrected chi connectivity index (χ2v) is 3.28. The zero-order valence-electron chi connectivity index (χ0n) is 8.29. The Hall–Kier alpha value is -0.120. The number of aliphatic hydroxyl groups excluding tert-OH is 1. The van der Waals surface area contributed by atoms with Crippen molar-refractivity contribution in [3.8, 4) is 0 Å². The Morgan fingerprint density at radius 2 is 2.08 bits per heavy atom. The number of aliphatic hydroxyl groups is 1. The van der Waals surface area contributed by atoms with Crippen LogP contribution in [0.1, 0.15) is 26.7 Å². The minimum Gasteiger partial charge on any atom is -0.395 e. The SMILES string of the molecule is CCN(CCO)CCC[C@H](C)N. The molecular formula is C9H22N2O. The standard InChI is InChI=1S/C9H22N2O/c1-3-11(7-8-12)6-4-5-9(2)10/h9,12H,3-8,10H2,1-2H3/t9-/m0/s1. The summed E-state index contributed by atoms with van der Waals surface area (Å²) in [6.45, 7) is 7.25. The fraction of sp³-hybridized carbons (Fsp3) is 1.00. The highest BCUT2D eigenvalue weighted by atomic mass is 16.3. The third-order valence-corrected chi connectivity index (χ3v) is 2.00. The first-order chi connectivity index (χ1) is 5.70. The van der Waals surface area contributed by atoms with Crippen LogP contribution in [0.5, 0.6) is 0 Å². The van der Waals surface area contributed by atoms with Crippen LogP contribution in [0, 0.1) is 0 Å². The summed E-state index contributed by atoms with van der Waals surface area (Å²) >= 11 is 0. The molecule has 0 fully saturated rings. The third kappa shape index (κ3) is 6.58. The van der Waals surface area contributed by atoms with Crippen LogP contribution in [0.4, 0.5) is 0 Å². The average Bonchev–Trinajstić information content (AvgIpc) is 2.02. The Morgan fingerprint density at radius 3 is 2.50 bits per heavy atom. The lowest BCUT2D eigenvalue weighted by atomic mass is 10.2. The van der Waals surface area contributed by atoms with Gasteiger partial charge in [-0.2, -0.15) is 0 Å². The lowest BCUT2D eigenvalue weighted by Gasteiger charge is -2.19. The fourth-order valence-corrected chi connectivity index (χ4v) is 1.21. The van der Waals surface area contributed by atoms with Gasteiger partial charge >= 0.3 is 0 Å². The third-order valence-electron chi connectivity index (χ3n) is 2.00. The van der Waals surface area contributed by atoms with E-state index in [1.807, 2.05) is 6.92 Å². The second-order valence-electron chi connectivity index (χ2n) is 3.28. The van der Waals surface area contributed by atoms with Crippen molar-refractivity contribution in [3.63, 3.8) is 0 Å². The number of hydrogen-bond donors (Lipinski definition) is 2. The van der Waals surface area contributed by atoms with Crippen molar-refractivity contribution in [1.29, 1.82) is 0 Å². The highest BCUT2D eigenvalue weighted by Gasteiger charge is 2.01. The number of rotatable bonds is 7. The number of likely N-dealkylation sites (N-methyl/N-ethyl adjacent to an activating group) is 1. The smallest absolute Gasteiger partial charge is 0.0558 e. The Kier molecular flexibility index (Phi) is 7.45. The molecule has 0 aromatic heterocycles. The molecule has 0 aromatic rings. The van der Waals surface area contributed by atoms with E-state index in [0.717, 1.165) is 32.5 Å². The minimum atomic E-state index is 0.256. The number of nitrogens with two attached hydrogens (primary N) is 1. The van der Waals surface area contributed by atoms with Crippen molar-refractivity contribution >= 4 is 0 Å². The molecular weight excluding hydrogens is 152 g/mol. The van der Waals surface area contributed by atoms with Crippen LogP contribution >= 0.6 is 0 Å². The normalized spacial score (nSPS) is 13.8. The molecule has 0 saturated heterocycles. The van der Waals surface area contributed by atoms with Gasteiger partial charge in [-0.1, -0.05) is 6.92 Å². The number of hydrogen-bond acceptors (Lipinski definition) is 3.